The van der Waals surface area contributed by atoms with E-state index in [9.17, 15) is 14.4 Å². The van der Waals surface area contributed by atoms with E-state index in [-0.39, 0.29) is 37.5 Å². The number of hydrogen-bond donors (Lipinski definition) is 0. The van der Waals surface area contributed by atoms with E-state index >= 15 is 0 Å². The quantitative estimate of drug-likeness (QED) is 0.0262. The van der Waals surface area contributed by atoms with E-state index in [0.717, 1.165) is 89.9 Å². The highest BCUT2D eigenvalue weighted by atomic mass is 16.6. The number of esters is 3. The lowest BCUT2D eigenvalue weighted by Gasteiger charge is -2.18. The van der Waals surface area contributed by atoms with Crippen LogP contribution in [-0.4, -0.2) is 37.2 Å². The van der Waals surface area contributed by atoms with Gasteiger partial charge in [0.2, 0.25) is 0 Å². The summed E-state index contributed by atoms with van der Waals surface area (Å²) in [5, 5.41) is 0. The summed E-state index contributed by atoms with van der Waals surface area (Å²) in [6.45, 7) is 6.42. The molecule has 0 radical (unpaired) electrons. The van der Waals surface area contributed by atoms with Crippen molar-refractivity contribution in [2.24, 2.45) is 0 Å². The molecule has 0 aliphatic heterocycles. The van der Waals surface area contributed by atoms with Gasteiger partial charge in [-0.1, -0.05) is 240 Å². The van der Waals surface area contributed by atoms with Crippen molar-refractivity contribution in [3.05, 3.63) is 97.2 Å². The topological polar surface area (TPSA) is 78.9 Å². The van der Waals surface area contributed by atoms with Gasteiger partial charge in [-0.2, -0.15) is 0 Å². The molecule has 0 fully saturated rings. The maximum absolute atomic E-state index is 12.8. The Morgan fingerprint density at radius 2 is 0.609 bits per heavy atom. The Morgan fingerprint density at radius 1 is 0.304 bits per heavy atom. The summed E-state index contributed by atoms with van der Waals surface area (Å²) >= 11 is 0. The largest absolute Gasteiger partial charge is 0.462 e. The molecule has 0 aliphatic carbocycles. The standard InChI is InChI=1S/C63H106O6/c1-4-7-10-13-16-19-22-24-26-28-30-31-33-35-37-39-42-44-47-50-53-56-62(65)68-59-60(69-63(66)57-54-51-48-45-40-21-18-15-12-9-6-3)58-67-61(64)55-52-49-46-43-41-38-36-34-32-29-27-25-23-20-17-14-11-8-5-2/h8,11,15,17-18,20,24-27,32,34,38,41,46,49,60H,4-7,9-10,12-14,16,19,21-23,28-31,33,35-37,39-40,42-45,47-48,50-59H2,1-3H3/b11-8-,18-15-,20-17-,26-24-,27-25-,34-32-,41-38-,49-46-/t60-/m1/s1. The van der Waals surface area contributed by atoms with E-state index in [4.69, 9.17) is 14.2 Å². The van der Waals surface area contributed by atoms with Crippen molar-refractivity contribution in [2.75, 3.05) is 13.2 Å². The zero-order valence-electron chi connectivity index (χ0n) is 45.0. The first-order chi connectivity index (χ1) is 34.0. The predicted molar refractivity (Wildman–Crippen MR) is 297 cm³/mol. The van der Waals surface area contributed by atoms with Crippen LogP contribution in [0.5, 0.6) is 0 Å². The Bertz CT molecular complexity index is 1380. The van der Waals surface area contributed by atoms with E-state index in [0.29, 0.717) is 19.3 Å². The molecule has 69 heavy (non-hydrogen) atoms. The lowest BCUT2D eigenvalue weighted by molar-refractivity contribution is -0.166. The van der Waals surface area contributed by atoms with Gasteiger partial charge in [0.1, 0.15) is 13.2 Å². The van der Waals surface area contributed by atoms with Gasteiger partial charge >= 0.3 is 17.9 Å². The molecule has 0 N–H and O–H groups in total. The first-order valence-electron chi connectivity index (χ1n) is 28.7. The fourth-order valence-corrected chi connectivity index (χ4v) is 7.74. The molecule has 1 atom stereocenters. The summed E-state index contributed by atoms with van der Waals surface area (Å²) in [5.74, 6) is -1.00. The van der Waals surface area contributed by atoms with Crippen LogP contribution >= 0.6 is 0 Å². The van der Waals surface area contributed by atoms with Crippen LogP contribution in [-0.2, 0) is 28.6 Å². The summed E-state index contributed by atoms with van der Waals surface area (Å²) < 4.78 is 16.8. The minimum Gasteiger partial charge on any atom is -0.462 e. The van der Waals surface area contributed by atoms with Crippen molar-refractivity contribution in [1.29, 1.82) is 0 Å². The van der Waals surface area contributed by atoms with Crippen molar-refractivity contribution in [2.45, 2.75) is 271 Å². The highest BCUT2D eigenvalue weighted by molar-refractivity contribution is 5.71. The average Bonchev–Trinajstić information content (AvgIpc) is 3.35. The first kappa shape index (κ1) is 65.3. The number of carbonyl (C=O) groups excluding carboxylic acids is 3. The minimum absolute atomic E-state index is 0.104. The van der Waals surface area contributed by atoms with Crippen molar-refractivity contribution in [3.8, 4) is 0 Å². The molecule has 0 aliphatic rings. The van der Waals surface area contributed by atoms with Crippen molar-refractivity contribution in [3.63, 3.8) is 0 Å². The van der Waals surface area contributed by atoms with Gasteiger partial charge in [0.15, 0.2) is 6.10 Å². The Kier molecular flexibility index (Phi) is 53.9. The summed E-state index contributed by atoms with van der Waals surface area (Å²) in [6.07, 6.45) is 75.6. The second kappa shape index (κ2) is 56.9. The smallest absolute Gasteiger partial charge is 0.306 e. The lowest BCUT2D eigenvalue weighted by atomic mass is 10.0. The Balaban J connectivity index is 4.40. The second-order valence-electron chi connectivity index (χ2n) is 18.8. The third kappa shape index (κ3) is 55.1. The first-order valence-corrected chi connectivity index (χ1v) is 28.7. The zero-order chi connectivity index (χ0) is 50.0. The second-order valence-corrected chi connectivity index (χ2v) is 18.8. The zero-order valence-corrected chi connectivity index (χ0v) is 45.0. The van der Waals surface area contributed by atoms with Gasteiger partial charge < -0.3 is 14.2 Å². The van der Waals surface area contributed by atoms with Gasteiger partial charge in [0.05, 0.1) is 0 Å². The maximum Gasteiger partial charge on any atom is 0.306 e. The van der Waals surface area contributed by atoms with Gasteiger partial charge in [-0.25, -0.2) is 0 Å². The summed E-state index contributed by atoms with van der Waals surface area (Å²) in [5.41, 5.74) is 0. The Hall–Kier alpha value is -3.67. The van der Waals surface area contributed by atoms with Gasteiger partial charge in [0.25, 0.3) is 0 Å². The van der Waals surface area contributed by atoms with Crippen LogP contribution in [0.2, 0.25) is 0 Å². The van der Waals surface area contributed by atoms with Crippen molar-refractivity contribution < 1.29 is 28.6 Å². The summed E-state index contributed by atoms with van der Waals surface area (Å²) in [6, 6.07) is 0. The van der Waals surface area contributed by atoms with E-state index in [1.165, 1.54) is 128 Å². The lowest BCUT2D eigenvalue weighted by Crippen LogP contribution is -2.30. The molecule has 6 heteroatoms. The summed E-state index contributed by atoms with van der Waals surface area (Å²) in [4.78, 5) is 38.1. The molecule has 0 aromatic heterocycles. The molecule has 0 heterocycles. The van der Waals surface area contributed by atoms with Crippen molar-refractivity contribution >= 4 is 17.9 Å². The normalized spacial score (nSPS) is 12.8. The third-order valence-electron chi connectivity index (χ3n) is 12.1. The number of rotatable bonds is 51. The molecule has 394 valence electrons. The molecule has 0 aromatic rings. The molecule has 0 unspecified atom stereocenters. The maximum atomic E-state index is 12.8. The molecule has 0 aromatic carbocycles. The van der Waals surface area contributed by atoms with Gasteiger partial charge in [0, 0.05) is 19.3 Å². The Morgan fingerprint density at radius 3 is 1.01 bits per heavy atom. The van der Waals surface area contributed by atoms with E-state index < -0.39 is 6.10 Å². The Labute approximate surface area is 426 Å². The molecule has 0 rings (SSSR count). The summed E-state index contributed by atoms with van der Waals surface area (Å²) in [7, 11) is 0. The van der Waals surface area contributed by atoms with Gasteiger partial charge in [-0.3, -0.25) is 14.4 Å². The van der Waals surface area contributed by atoms with E-state index in [2.05, 4.69) is 112 Å². The van der Waals surface area contributed by atoms with Crippen LogP contribution in [0.25, 0.3) is 0 Å². The van der Waals surface area contributed by atoms with Crippen LogP contribution in [0.15, 0.2) is 97.2 Å². The predicted octanol–water partition coefficient (Wildman–Crippen LogP) is 19.3. The molecular formula is C63H106O6. The number of unbranched alkanes of at least 4 members (excludes halogenated alkanes) is 24. The fourth-order valence-electron chi connectivity index (χ4n) is 7.74. The molecule has 0 saturated heterocycles. The minimum atomic E-state index is -0.813. The van der Waals surface area contributed by atoms with Crippen LogP contribution in [0.3, 0.4) is 0 Å². The van der Waals surface area contributed by atoms with Crippen LogP contribution in [0.4, 0.5) is 0 Å². The number of carbonyl (C=O) groups is 3. The van der Waals surface area contributed by atoms with E-state index in [1.54, 1.807) is 0 Å². The molecule has 0 bridgehead atoms. The number of ether oxygens (including phenoxy) is 3. The highest BCUT2D eigenvalue weighted by Gasteiger charge is 2.19. The molecule has 0 spiro atoms. The van der Waals surface area contributed by atoms with E-state index in [1.807, 2.05) is 6.08 Å². The SMILES string of the molecule is CC/C=C\C/C=C\C/C=C\C/C=C\C/C=C\C/C=C\CCC(=O)OC[C@H](COC(=O)CCCCCCCCCCCCC/C=C\CCCCCCCC)OC(=O)CCCCCCC/C=C\CCCC. The van der Waals surface area contributed by atoms with Gasteiger partial charge in [-0.05, 0) is 103 Å². The molecule has 6 nitrogen and oxygen atoms in total. The van der Waals surface area contributed by atoms with Crippen molar-refractivity contribution in [1.82, 2.24) is 0 Å². The highest BCUT2D eigenvalue weighted by Crippen LogP contribution is 2.15. The van der Waals surface area contributed by atoms with Crippen LogP contribution in [0.1, 0.15) is 265 Å². The monoisotopic (exact) mass is 959 g/mol. The molecular weight excluding hydrogens is 853 g/mol. The fraction of sp³-hybridized carbons (Fsp3) is 0.698. The third-order valence-corrected chi connectivity index (χ3v) is 12.1. The number of allylic oxidation sites excluding steroid dienone is 16. The van der Waals surface area contributed by atoms with Crippen LogP contribution < -0.4 is 0 Å². The van der Waals surface area contributed by atoms with Crippen LogP contribution in [0, 0.1) is 0 Å². The molecule has 0 saturated carbocycles. The van der Waals surface area contributed by atoms with Gasteiger partial charge in [-0.15, -0.1) is 0 Å². The number of hydrogen-bond acceptors (Lipinski definition) is 6. The average molecular weight is 960 g/mol. The molecule has 0 amide bonds.